The van der Waals surface area contributed by atoms with Crippen molar-refractivity contribution >= 4 is 5.97 Å². The predicted octanol–water partition coefficient (Wildman–Crippen LogP) is 2.18. The van der Waals surface area contributed by atoms with E-state index in [4.69, 9.17) is 20.4 Å². The minimum absolute atomic E-state index is 0.119. The molecule has 0 heterocycles. The van der Waals surface area contributed by atoms with E-state index in [1.54, 1.807) is 0 Å². The van der Waals surface area contributed by atoms with E-state index in [-0.39, 0.29) is 6.04 Å². The number of ether oxygens (including phenoxy) is 1. The molecule has 3 N–H and O–H groups in total. The third kappa shape index (κ3) is 10.0. The SMILES string of the molecule is CC(N)COCc1ccccc1.O=C(O)C(F)(F)F. The Labute approximate surface area is 109 Å². The summed E-state index contributed by atoms with van der Waals surface area (Å²) in [5, 5.41) is 7.12. The molecule has 0 spiro atoms. The Morgan fingerprint density at radius 3 is 2.21 bits per heavy atom. The van der Waals surface area contributed by atoms with Gasteiger partial charge < -0.3 is 15.6 Å². The third-order valence-electron chi connectivity index (χ3n) is 1.73. The minimum Gasteiger partial charge on any atom is -0.475 e. The van der Waals surface area contributed by atoms with E-state index >= 15 is 0 Å². The fraction of sp³-hybridized carbons (Fsp3) is 0.417. The normalized spacial score (nSPS) is 12.3. The highest BCUT2D eigenvalue weighted by Gasteiger charge is 2.38. The zero-order valence-electron chi connectivity index (χ0n) is 10.4. The molecule has 0 saturated carbocycles. The molecule has 1 aromatic carbocycles. The second-order valence-corrected chi connectivity index (χ2v) is 3.78. The van der Waals surface area contributed by atoms with Gasteiger partial charge in [-0.15, -0.1) is 0 Å². The number of halogens is 3. The van der Waals surface area contributed by atoms with E-state index in [1.165, 1.54) is 5.56 Å². The van der Waals surface area contributed by atoms with Crippen LogP contribution in [0.1, 0.15) is 12.5 Å². The maximum Gasteiger partial charge on any atom is 0.490 e. The largest absolute Gasteiger partial charge is 0.490 e. The average Bonchev–Trinajstić information content (AvgIpc) is 2.29. The maximum absolute atomic E-state index is 10.6. The van der Waals surface area contributed by atoms with Crippen molar-refractivity contribution in [3.63, 3.8) is 0 Å². The molecule has 1 rings (SSSR count). The van der Waals surface area contributed by atoms with Crippen LogP contribution in [0.3, 0.4) is 0 Å². The molecule has 1 unspecified atom stereocenters. The van der Waals surface area contributed by atoms with Crippen LogP contribution in [0.25, 0.3) is 0 Å². The fourth-order valence-electron chi connectivity index (χ4n) is 0.937. The lowest BCUT2D eigenvalue weighted by Gasteiger charge is -2.06. The minimum atomic E-state index is -5.08. The Balaban J connectivity index is 0.000000399. The molecule has 1 aromatic rings. The molecule has 0 aliphatic carbocycles. The smallest absolute Gasteiger partial charge is 0.475 e. The monoisotopic (exact) mass is 279 g/mol. The molecule has 0 saturated heterocycles. The Bertz CT molecular complexity index is 366. The summed E-state index contributed by atoms with van der Waals surface area (Å²) in [6.07, 6.45) is -5.08. The van der Waals surface area contributed by atoms with E-state index in [2.05, 4.69) is 0 Å². The fourth-order valence-corrected chi connectivity index (χ4v) is 0.937. The number of carboxylic acids is 1. The van der Waals surface area contributed by atoms with E-state index < -0.39 is 12.1 Å². The van der Waals surface area contributed by atoms with Gasteiger partial charge in [0.2, 0.25) is 0 Å². The van der Waals surface area contributed by atoms with Crippen molar-refractivity contribution in [2.75, 3.05) is 6.61 Å². The number of nitrogens with two attached hydrogens (primary N) is 1. The quantitative estimate of drug-likeness (QED) is 0.886. The number of rotatable bonds is 4. The average molecular weight is 279 g/mol. The van der Waals surface area contributed by atoms with Gasteiger partial charge in [0, 0.05) is 6.04 Å². The Hall–Kier alpha value is -1.60. The van der Waals surface area contributed by atoms with Crippen LogP contribution in [0, 0.1) is 0 Å². The van der Waals surface area contributed by atoms with Gasteiger partial charge in [0.1, 0.15) is 0 Å². The van der Waals surface area contributed by atoms with Gasteiger partial charge in [0.15, 0.2) is 0 Å². The molecule has 0 amide bonds. The zero-order chi connectivity index (χ0) is 14.9. The Morgan fingerprint density at radius 1 is 1.37 bits per heavy atom. The topological polar surface area (TPSA) is 72.5 Å². The highest BCUT2D eigenvalue weighted by atomic mass is 19.4. The van der Waals surface area contributed by atoms with Gasteiger partial charge in [0.25, 0.3) is 0 Å². The summed E-state index contributed by atoms with van der Waals surface area (Å²) in [6, 6.07) is 10.2. The first-order chi connectivity index (χ1) is 8.73. The van der Waals surface area contributed by atoms with Crippen molar-refractivity contribution in [2.24, 2.45) is 5.73 Å². The molecule has 19 heavy (non-hydrogen) atoms. The molecule has 108 valence electrons. The van der Waals surface area contributed by atoms with Crippen LogP contribution in [0.4, 0.5) is 13.2 Å². The molecular formula is C12H16F3NO3. The van der Waals surface area contributed by atoms with Gasteiger partial charge in [-0.2, -0.15) is 13.2 Å². The summed E-state index contributed by atoms with van der Waals surface area (Å²) in [6.45, 7) is 3.21. The molecular weight excluding hydrogens is 263 g/mol. The maximum atomic E-state index is 10.6. The van der Waals surface area contributed by atoms with Gasteiger partial charge in [-0.1, -0.05) is 30.3 Å². The summed E-state index contributed by atoms with van der Waals surface area (Å²) < 4.78 is 37.1. The van der Waals surface area contributed by atoms with Crippen LogP contribution in [0.2, 0.25) is 0 Å². The first-order valence-electron chi connectivity index (χ1n) is 5.41. The summed E-state index contributed by atoms with van der Waals surface area (Å²) in [4.78, 5) is 8.90. The molecule has 0 fully saturated rings. The van der Waals surface area contributed by atoms with Gasteiger partial charge in [0.05, 0.1) is 13.2 Å². The van der Waals surface area contributed by atoms with Crippen molar-refractivity contribution < 1.29 is 27.8 Å². The molecule has 4 nitrogen and oxygen atoms in total. The highest BCUT2D eigenvalue weighted by Crippen LogP contribution is 2.13. The number of hydrogen-bond donors (Lipinski definition) is 2. The van der Waals surface area contributed by atoms with Crippen LogP contribution in [0.15, 0.2) is 30.3 Å². The van der Waals surface area contributed by atoms with Gasteiger partial charge in [-0.3, -0.25) is 0 Å². The lowest BCUT2D eigenvalue weighted by molar-refractivity contribution is -0.192. The number of carbonyl (C=O) groups is 1. The molecule has 1 atom stereocenters. The summed E-state index contributed by atoms with van der Waals surface area (Å²) in [5.41, 5.74) is 6.72. The standard InChI is InChI=1S/C10H15NO.C2HF3O2/c1-9(11)7-12-8-10-5-3-2-4-6-10;3-2(4,5)1(6)7/h2-6,9H,7-8,11H2,1H3;(H,6,7). The summed E-state index contributed by atoms with van der Waals surface area (Å²) in [7, 11) is 0. The molecule has 0 bridgehead atoms. The van der Waals surface area contributed by atoms with Crippen LogP contribution >= 0.6 is 0 Å². The predicted molar refractivity (Wildman–Crippen MR) is 63.4 cm³/mol. The van der Waals surface area contributed by atoms with Crippen LogP contribution in [-0.4, -0.2) is 29.9 Å². The van der Waals surface area contributed by atoms with Gasteiger partial charge in [-0.05, 0) is 12.5 Å². The molecule has 0 aromatic heterocycles. The lowest BCUT2D eigenvalue weighted by atomic mass is 10.2. The van der Waals surface area contributed by atoms with Crippen molar-refractivity contribution in [3.8, 4) is 0 Å². The molecule has 0 aliphatic rings. The van der Waals surface area contributed by atoms with Crippen LogP contribution in [0.5, 0.6) is 0 Å². The van der Waals surface area contributed by atoms with Crippen LogP contribution < -0.4 is 5.73 Å². The first-order valence-corrected chi connectivity index (χ1v) is 5.41. The number of aliphatic carboxylic acids is 1. The van der Waals surface area contributed by atoms with Gasteiger partial charge >= 0.3 is 12.1 Å². The highest BCUT2D eigenvalue weighted by molar-refractivity contribution is 5.73. The summed E-state index contributed by atoms with van der Waals surface area (Å²) in [5.74, 6) is -2.76. The van der Waals surface area contributed by atoms with Crippen molar-refractivity contribution in [3.05, 3.63) is 35.9 Å². The van der Waals surface area contributed by atoms with E-state index in [9.17, 15) is 13.2 Å². The lowest BCUT2D eigenvalue weighted by Crippen LogP contribution is -2.21. The molecule has 0 aliphatic heterocycles. The molecule has 7 heteroatoms. The number of alkyl halides is 3. The third-order valence-corrected chi connectivity index (χ3v) is 1.73. The number of hydrogen-bond acceptors (Lipinski definition) is 3. The van der Waals surface area contributed by atoms with E-state index in [1.807, 2.05) is 37.3 Å². The molecule has 0 radical (unpaired) electrons. The second kappa shape index (κ2) is 8.49. The second-order valence-electron chi connectivity index (χ2n) is 3.78. The van der Waals surface area contributed by atoms with E-state index in [0.29, 0.717) is 13.2 Å². The van der Waals surface area contributed by atoms with Crippen molar-refractivity contribution in [1.29, 1.82) is 0 Å². The van der Waals surface area contributed by atoms with Crippen LogP contribution in [-0.2, 0) is 16.1 Å². The Morgan fingerprint density at radius 2 is 1.84 bits per heavy atom. The van der Waals surface area contributed by atoms with E-state index in [0.717, 1.165) is 0 Å². The Kier molecular flexibility index (Phi) is 7.78. The van der Waals surface area contributed by atoms with Gasteiger partial charge in [-0.25, -0.2) is 4.79 Å². The summed E-state index contributed by atoms with van der Waals surface area (Å²) >= 11 is 0. The van der Waals surface area contributed by atoms with Crippen molar-refractivity contribution in [1.82, 2.24) is 0 Å². The number of carboxylic acid groups (broad SMARTS) is 1. The zero-order valence-corrected chi connectivity index (χ0v) is 10.4. The number of benzene rings is 1. The van der Waals surface area contributed by atoms with Crippen molar-refractivity contribution in [2.45, 2.75) is 25.7 Å². The first kappa shape index (κ1) is 17.4.